The molecule has 2 aromatic rings. The summed E-state index contributed by atoms with van der Waals surface area (Å²) in [7, 11) is 0. The minimum Gasteiger partial charge on any atom is -0.443 e. The van der Waals surface area contributed by atoms with Crippen LogP contribution in [0.4, 0.5) is 15.3 Å². The molecule has 0 aliphatic carbocycles. The number of carbonyl (C=O) groups excluding carboxylic acids is 2. The van der Waals surface area contributed by atoms with Crippen LogP contribution < -0.4 is 9.64 Å². The van der Waals surface area contributed by atoms with E-state index in [0.717, 1.165) is 14.3 Å². The molecule has 0 radical (unpaired) electrons. The molecule has 0 saturated heterocycles. The maximum atomic E-state index is 13.0. The van der Waals surface area contributed by atoms with Crippen molar-refractivity contribution in [2.24, 2.45) is 0 Å². The van der Waals surface area contributed by atoms with Gasteiger partial charge in [-0.15, -0.1) is 0 Å². The predicted octanol–water partition coefficient (Wildman–Crippen LogP) is 7.25. The molecule has 2 rings (SSSR count). The molecule has 0 bridgehead atoms. The van der Waals surface area contributed by atoms with E-state index in [1.54, 1.807) is 53.7 Å². The summed E-state index contributed by atoms with van der Waals surface area (Å²) in [6.45, 7) is 10.8. The Labute approximate surface area is 201 Å². The highest BCUT2D eigenvalue weighted by molar-refractivity contribution is 14.1. The molecule has 0 aromatic heterocycles. The minimum absolute atomic E-state index is 0.179. The normalized spacial score (nSPS) is 12.1. The summed E-state index contributed by atoms with van der Waals surface area (Å²) < 4.78 is 17.2. The number of hydrogen-bond acceptors (Lipinski definition) is 5. The lowest BCUT2D eigenvalue weighted by Gasteiger charge is -2.28. The van der Waals surface area contributed by atoms with Gasteiger partial charge in [0.15, 0.2) is 0 Å². The van der Waals surface area contributed by atoms with E-state index in [1.807, 2.05) is 24.3 Å². The van der Waals surface area contributed by atoms with Crippen LogP contribution in [0.1, 0.15) is 41.5 Å². The van der Waals surface area contributed by atoms with Gasteiger partial charge < -0.3 is 14.2 Å². The number of rotatable bonds is 4. The molecule has 0 aliphatic heterocycles. The fraction of sp³-hybridized carbons (Fsp3) is 0.391. The monoisotopic (exact) mass is 559 g/mol. The number of nitrogens with zero attached hydrogens (tertiary/aromatic N) is 1. The number of hydrogen-bond donors (Lipinski definition) is 0. The van der Waals surface area contributed by atoms with E-state index in [4.69, 9.17) is 25.8 Å². The lowest BCUT2D eigenvalue weighted by molar-refractivity contribution is 0.0209. The van der Waals surface area contributed by atoms with Crippen molar-refractivity contribution >= 4 is 62.9 Å². The van der Waals surface area contributed by atoms with Gasteiger partial charge in [0.25, 0.3) is 0 Å². The lowest BCUT2D eigenvalue weighted by atomic mass is 10.1. The van der Waals surface area contributed by atoms with Crippen LogP contribution in [0.15, 0.2) is 41.9 Å². The summed E-state index contributed by atoms with van der Waals surface area (Å²) in [4.78, 5) is 26.8. The first-order valence-corrected chi connectivity index (χ1v) is 11.2. The molecule has 2 aromatic carbocycles. The Hall–Kier alpha value is -2.00. The standard InChI is InChI=1S/C23H27ClINO5/c1-22(2,3)30-20(27)26(13-9-12-24)17-14-18(29-21(28)31-23(4,5)6)15-10-7-8-11-16(15)19(17)25/h7-12,14H,13H2,1-6H3. The van der Waals surface area contributed by atoms with Crippen molar-refractivity contribution in [2.75, 3.05) is 11.4 Å². The summed E-state index contributed by atoms with van der Waals surface area (Å²) >= 11 is 7.89. The van der Waals surface area contributed by atoms with Crippen LogP contribution >= 0.6 is 34.2 Å². The van der Waals surface area contributed by atoms with Crippen molar-refractivity contribution in [1.29, 1.82) is 0 Å². The van der Waals surface area contributed by atoms with Gasteiger partial charge in [0.05, 0.1) is 5.69 Å². The average molecular weight is 560 g/mol. The van der Waals surface area contributed by atoms with Crippen LogP contribution in [0.5, 0.6) is 5.75 Å². The quantitative estimate of drug-likeness (QED) is 0.224. The summed E-state index contributed by atoms with van der Waals surface area (Å²) in [5.41, 5.74) is 0.482. The summed E-state index contributed by atoms with van der Waals surface area (Å²) in [5.74, 6) is 0.281. The molecule has 0 heterocycles. The second-order valence-electron chi connectivity index (χ2n) is 8.77. The molecule has 168 valence electrons. The first-order valence-electron chi connectivity index (χ1n) is 9.70. The molecular formula is C23H27ClINO5. The Morgan fingerprint density at radius 1 is 1.03 bits per heavy atom. The van der Waals surface area contributed by atoms with Gasteiger partial charge in [-0.3, -0.25) is 4.90 Å². The second-order valence-corrected chi connectivity index (χ2v) is 10.1. The maximum Gasteiger partial charge on any atom is 0.514 e. The zero-order valence-corrected chi connectivity index (χ0v) is 21.4. The molecule has 0 aliphatic rings. The second kappa shape index (κ2) is 10.1. The summed E-state index contributed by atoms with van der Waals surface area (Å²) in [5, 5.41) is 1.54. The lowest BCUT2D eigenvalue weighted by Crippen LogP contribution is -2.37. The van der Waals surface area contributed by atoms with Crippen LogP contribution in [-0.2, 0) is 9.47 Å². The Bertz CT molecular complexity index is 992. The third kappa shape index (κ3) is 7.28. The number of carbonyl (C=O) groups is 2. The van der Waals surface area contributed by atoms with Gasteiger partial charge in [0.1, 0.15) is 17.0 Å². The highest BCUT2D eigenvalue weighted by atomic mass is 127. The largest absolute Gasteiger partial charge is 0.514 e. The topological polar surface area (TPSA) is 65.1 Å². The minimum atomic E-state index is -0.825. The van der Waals surface area contributed by atoms with E-state index in [1.165, 1.54) is 10.4 Å². The van der Waals surface area contributed by atoms with E-state index in [-0.39, 0.29) is 12.3 Å². The molecule has 1 amide bonds. The first kappa shape index (κ1) is 25.3. The van der Waals surface area contributed by atoms with E-state index in [9.17, 15) is 9.59 Å². The van der Waals surface area contributed by atoms with Crippen molar-refractivity contribution in [3.8, 4) is 5.75 Å². The molecule has 0 N–H and O–H groups in total. The molecule has 8 heteroatoms. The molecular weight excluding hydrogens is 533 g/mol. The number of anilines is 1. The molecule has 0 saturated carbocycles. The van der Waals surface area contributed by atoms with Crippen molar-refractivity contribution in [2.45, 2.75) is 52.7 Å². The first-order chi connectivity index (χ1) is 14.3. The predicted molar refractivity (Wildman–Crippen MR) is 132 cm³/mol. The van der Waals surface area contributed by atoms with Crippen LogP contribution in [0.2, 0.25) is 0 Å². The summed E-state index contributed by atoms with van der Waals surface area (Å²) in [6, 6.07) is 9.11. The molecule has 0 fully saturated rings. The van der Waals surface area contributed by atoms with Gasteiger partial charge in [-0.05, 0) is 64.1 Å². The Balaban J connectivity index is 2.60. The van der Waals surface area contributed by atoms with Gasteiger partial charge in [-0.25, -0.2) is 9.59 Å². The number of amides is 1. The van der Waals surface area contributed by atoms with Gasteiger partial charge in [0, 0.05) is 32.5 Å². The van der Waals surface area contributed by atoms with E-state index < -0.39 is 23.5 Å². The SMILES string of the molecule is CC(C)(C)OC(=O)Oc1cc(N(CC=CCl)C(=O)OC(C)(C)C)c(I)c2ccccc12. The molecule has 0 unspecified atom stereocenters. The van der Waals surface area contributed by atoms with Gasteiger partial charge in [0.2, 0.25) is 0 Å². The van der Waals surface area contributed by atoms with Gasteiger partial charge in [-0.1, -0.05) is 41.9 Å². The van der Waals surface area contributed by atoms with Crippen LogP contribution in [0.25, 0.3) is 10.8 Å². The zero-order valence-electron chi connectivity index (χ0n) is 18.5. The highest BCUT2D eigenvalue weighted by Gasteiger charge is 2.27. The number of ether oxygens (including phenoxy) is 3. The fourth-order valence-electron chi connectivity index (χ4n) is 2.67. The van der Waals surface area contributed by atoms with Crippen LogP contribution in [0.3, 0.4) is 0 Å². The van der Waals surface area contributed by atoms with Gasteiger partial charge >= 0.3 is 12.2 Å². The number of fused-ring (bicyclic) bond motifs is 1. The maximum absolute atomic E-state index is 13.0. The van der Waals surface area contributed by atoms with Crippen molar-refractivity contribution in [3.05, 3.63) is 45.5 Å². The van der Waals surface area contributed by atoms with Crippen molar-refractivity contribution in [3.63, 3.8) is 0 Å². The van der Waals surface area contributed by atoms with Gasteiger partial charge in [-0.2, -0.15) is 0 Å². The Kier molecular flexibility index (Phi) is 8.21. The van der Waals surface area contributed by atoms with E-state index in [0.29, 0.717) is 5.69 Å². The Morgan fingerprint density at radius 3 is 2.16 bits per heavy atom. The van der Waals surface area contributed by atoms with Crippen molar-refractivity contribution in [1.82, 2.24) is 0 Å². The Morgan fingerprint density at radius 2 is 1.61 bits per heavy atom. The molecule has 31 heavy (non-hydrogen) atoms. The number of benzene rings is 2. The molecule has 0 spiro atoms. The molecule has 6 nitrogen and oxygen atoms in total. The third-order valence-corrected chi connectivity index (χ3v) is 5.10. The zero-order chi connectivity index (χ0) is 23.4. The van der Waals surface area contributed by atoms with Crippen molar-refractivity contribution < 1.29 is 23.8 Å². The van der Waals surface area contributed by atoms with E-state index >= 15 is 0 Å². The van der Waals surface area contributed by atoms with Crippen LogP contribution in [0, 0.1) is 3.57 Å². The number of halogens is 2. The highest BCUT2D eigenvalue weighted by Crippen LogP contribution is 2.38. The smallest absolute Gasteiger partial charge is 0.443 e. The summed E-state index contributed by atoms with van der Waals surface area (Å²) in [6.07, 6.45) is 0.262. The van der Waals surface area contributed by atoms with E-state index in [2.05, 4.69) is 22.6 Å². The average Bonchev–Trinajstić information content (AvgIpc) is 2.62. The fourth-order valence-corrected chi connectivity index (χ4v) is 3.66. The van der Waals surface area contributed by atoms with Crippen LogP contribution in [-0.4, -0.2) is 30.0 Å². The molecule has 0 atom stereocenters. The third-order valence-electron chi connectivity index (χ3n) is 3.79.